The molecule has 4 N–H and O–H groups in total. The first-order valence-corrected chi connectivity index (χ1v) is 12.9. The zero-order chi connectivity index (χ0) is 22.7. The fourth-order valence-corrected chi connectivity index (χ4v) is 8.34. The van der Waals surface area contributed by atoms with E-state index in [9.17, 15) is 9.90 Å². The van der Waals surface area contributed by atoms with Gasteiger partial charge in [0.2, 0.25) is 11.8 Å². The van der Waals surface area contributed by atoms with Gasteiger partial charge >= 0.3 is 5.97 Å². The summed E-state index contributed by atoms with van der Waals surface area (Å²) in [4.78, 5) is 22.5. The number of aliphatic carboxylic acids is 1. The van der Waals surface area contributed by atoms with Gasteiger partial charge in [0, 0.05) is 31.6 Å². The minimum atomic E-state index is -0.743. The number of hydrogen-bond donors (Lipinski definition) is 3. The van der Waals surface area contributed by atoms with Gasteiger partial charge in [0.25, 0.3) is 0 Å². The van der Waals surface area contributed by atoms with E-state index in [1.54, 1.807) is 0 Å². The van der Waals surface area contributed by atoms with Gasteiger partial charge in [-0.25, -0.2) is 0 Å². The second kappa shape index (κ2) is 8.00. The first-order chi connectivity index (χ1) is 15.9. The van der Waals surface area contributed by atoms with Crippen LogP contribution >= 0.6 is 0 Å². The van der Waals surface area contributed by atoms with Crippen LogP contribution in [0.2, 0.25) is 0 Å². The van der Waals surface area contributed by atoms with Gasteiger partial charge < -0.3 is 25.8 Å². The number of carboxylic acids is 1. The van der Waals surface area contributed by atoms with Crippen molar-refractivity contribution in [3.05, 3.63) is 6.07 Å². The topological polar surface area (TPSA) is 114 Å². The number of rotatable bonds is 5. The fraction of sp³-hybridized carbons (Fsp3) is 0.800. The Kier molecular flexibility index (Phi) is 5.20. The zero-order valence-electron chi connectivity index (χ0n) is 19.6. The van der Waals surface area contributed by atoms with Crippen molar-refractivity contribution in [2.75, 3.05) is 30.3 Å². The van der Waals surface area contributed by atoms with Gasteiger partial charge in [-0.3, -0.25) is 4.79 Å². The average Bonchev–Trinajstić information content (AvgIpc) is 3.17. The van der Waals surface area contributed by atoms with Crippen LogP contribution in [0.1, 0.15) is 58.3 Å². The second-order valence-electron chi connectivity index (χ2n) is 11.7. The molecule has 1 aromatic heterocycles. The average molecular weight is 456 g/mol. The molecule has 8 heteroatoms. The Morgan fingerprint density at radius 2 is 1.85 bits per heavy atom. The number of anilines is 2. The molecular formula is C25H37N5O3. The van der Waals surface area contributed by atoms with E-state index in [1.807, 2.05) is 6.07 Å². The van der Waals surface area contributed by atoms with Gasteiger partial charge in [0.05, 0.1) is 0 Å². The number of piperidine rings is 1. The molecule has 6 aliphatic rings. The van der Waals surface area contributed by atoms with E-state index < -0.39 is 12.0 Å². The van der Waals surface area contributed by atoms with Crippen LogP contribution in [0.5, 0.6) is 5.88 Å². The van der Waals surface area contributed by atoms with Crippen LogP contribution in [0.15, 0.2) is 6.07 Å². The van der Waals surface area contributed by atoms with E-state index in [0.717, 1.165) is 62.0 Å². The van der Waals surface area contributed by atoms with E-state index in [0.29, 0.717) is 18.2 Å². The molecule has 0 radical (unpaired) electrons. The molecule has 4 saturated carbocycles. The molecule has 2 aliphatic heterocycles. The number of nitrogens with zero attached hydrogens (tertiary/aromatic N) is 3. The van der Waals surface area contributed by atoms with E-state index in [-0.39, 0.29) is 17.5 Å². The molecule has 4 bridgehead atoms. The standard InChI is InChI=1S/C25H37N5O3/c1-14(22-17-7-15-6-16(9-17)10-18(22)8-15)33-21-11-20(28-24(26)29-21)30-4-2-25(3-5-30)12-19(23(31)32)27-13-25/h11,14-19,22,27H,2-10,12-13H2,1H3,(H,31,32)(H2,26,28,29)/t14?,15-,16-,17-,18+,19-,22?/m0/s1. The maximum absolute atomic E-state index is 11.4. The molecule has 2 atom stereocenters. The summed E-state index contributed by atoms with van der Waals surface area (Å²) < 4.78 is 6.45. The summed E-state index contributed by atoms with van der Waals surface area (Å²) in [6.45, 7) is 4.69. The molecule has 7 rings (SSSR count). The highest BCUT2D eigenvalue weighted by atomic mass is 16.5. The molecule has 1 spiro atoms. The summed E-state index contributed by atoms with van der Waals surface area (Å²) in [7, 11) is 0. The number of ether oxygens (including phenoxy) is 1. The van der Waals surface area contributed by atoms with Crippen molar-refractivity contribution >= 4 is 17.7 Å². The molecule has 33 heavy (non-hydrogen) atoms. The molecule has 2 saturated heterocycles. The van der Waals surface area contributed by atoms with Crippen LogP contribution in [-0.2, 0) is 4.79 Å². The number of carboxylic acid groups (broad SMARTS) is 1. The third kappa shape index (κ3) is 3.94. The number of nitrogens with two attached hydrogens (primary N) is 1. The molecule has 4 aliphatic carbocycles. The largest absolute Gasteiger partial charge is 0.480 e. The van der Waals surface area contributed by atoms with Crippen molar-refractivity contribution in [2.45, 2.75) is 70.4 Å². The molecule has 8 nitrogen and oxygen atoms in total. The Morgan fingerprint density at radius 1 is 1.18 bits per heavy atom. The lowest BCUT2D eigenvalue weighted by molar-refractivity contribution is -0.139. The van der Waals surface area contributed by atoms with Gasteiger partial charge in [-0.05, 0) is 87.4 Å². The van der Waals surface area contributed by atoms with Crippen LogP contribution in [0.4, 0.5) is 11.8 Å². The second-order valence-corrected chi connectivity index (χ2v) is 11.7. The lowest BCUT2D eigenvalue weighted by atomic mass is 9.51. The Labute approximate surface area is 195 Å². The van der Waals surface area contributed by atoms with Crippen LogP contribution in [-0.4, -0.2) is 52.8 Å². The van der Waals surface area contributed by atoms with Crippen molar-refractivity contribution in [3.63, 3.8) is 0 Å². The molecule has 180 valence electrons. The number of hydrogen-bond acceptors (Lipinski definition) is 7. The van der Waals surface area contributed by atoms with Gasteiger partial charge in [-0.15, -0.1) is 0 Å². The lowest BCUT2D eigenvalue weighted by Gasteiger charge is -2.55. The number of carbonyl (C=O) groups is 1. The highest BCUT2D eigenvalue weighted by molar-refractivity contribution is 5.74. The van der Waals surface area contributed by atoms with Crippen molar-refractivity contribution in [2.24, 2.45) is 35.0 Å². The maximum atomic E-state index is 11.4. The zero-order valence-corrected chi connectivity index (χ0v) is 19.6. The summed E-state index contributed by atoms with van der Waals surface area (Å²) in [5, 5.41) is 12.5. The van der Waals surface area contributed by atoms with Gasteiger partial charge in [-0.2, -0.15) is 9.97 Å². The third-order valence-electron chi connectivity index (χ3n) is 9.66. The van der Waals surface area contributed by atoms with Gasteiger partial charge in [0.1, 0.15) is 18.0 Å². The summed E-state index contributed by atoms with van der Waals surface area (Å²) in [6, 6.07) is 1.53. The Morgan fingerprint density at radius 3 is 2.45 bits per heavy atom. The quantitative estimate of drug-likeness (QED) is 0.621. The molecule has 6 fully saturated rings. The highest BCUT2D eigenvalue weighted by Crippen LogP contribution is 2.57. The van der Waals surface area contributed by atoms with Crippen LogP contribution in [0.3, 0.4) is 0 Å². The predicted molar refractivity (Wildman–Crippen MR) is 125 cm³/mol. The molecule has 1 aromatic rings. The van der Waals surface area contributed by atoms with Crippen molar-refractivity contribution < 1.29 is 14.6 Å². The van der Waals surface area contributed by atoms with E-state index in [2.05, 4.69) is 27.1 Å². The van der Waals surface area contributed by atoms with E-state index >= 15 is 0 Å². The summed E-state index contributed by atoms with van der Waals surface area (Å²) in [5.41, 5.74) is 6.17. The van der Waals surface area contributed by atoms with Crippen LogP contribution in [0, 0.1) is 35.0 Å². The molecule has 1 unspecified atom stereocenters. The SMILES string of the molecule is CC(Oc1cc(N2CCC3(CC2)CN[C@H](C(=O)O)C3)nc(N)n1)C1[C@H]2C[C@H]3C[C@H](C2)C[C@H]1C3. The summed E-state index contributed by atoms with van der Waals surface area (Å²) >= 11 is 0. The molecular weight excluding hydrogens is 418 g/mol. The lowest BCUT2D eigenvalue weighted by Crippen LogP contribution is -2.50. The minimum absolute atomic E-state index is 0.0748. The van der Waals surface area contributed by atoms with Crippen molar-refractivity contribution in [1.82, 2.24) is 15.3 Å². The molecule has 3 heterocycles. The Bertz CT molecular complexity index is 887. The number of aromatic nitrogens is 2. The highest BCUT2D eigenvalue weighted by Gasteiger charge is 2.50. The number of nitrogen functional groups attached to an aromatic ring is 1. The van der Waals surface area contributed by atoms with Crippen LogP contribution in [0.25, 0.3) is 0 Å². The fourth-order valence-electron chi connectivity index (χ4n) is 8.34. The van der Waals surface area contributed by atoms with Gasteiger partial charge in [-0.1, -0.05) is 0 Å². The number of nitrogens with one attached hydrogen (secondary N) is 1. The van der Waals surface area contributed by atoms with Gasteiger partial charge in [0.15, 0.2) is 0 Å². The first kappa shape index (κ1) is 21.4. The smallest absolute Gasteiger partial charge is 0.320 e. The normalized spacial score (nSPS) is 37.4. The van der Waals surface area contributed by atoms with E-state index in [1.165, 1.54) is 32.1 Å². The van der Waals surface area contributed by atoms with Crippen molar-refractivity contribution in [1.29, 1.82) is 0 Å². The van der Waals surface area contributed by atoms with E-state index in [4.69, 9.17) is 10.5 Å². The Balaban J connectivity index is 1.12. The predicted octanol–water partition coefficient (Wildman–Crippen LogP) is 2.93. The van der Waals surface area contributed by atoms with Crippen molar-refractivity contribution in [3.8, 4) is 5.88 Å². The Hall–Kier alpha value is -2.09. The minimum Gasteiger partial charge on any atom is -0.480 e. The molecule has 0 aromatic carbocycles. The third-order valence-corrected chi connectivity index (χ3v) is 9.66. The molecule has 0 amide bonds. The van der Waals surface area contributed by atoms with Crippen LogP contribution < -0.4 is 20.7 Å². The summed E-state index contributed by atoms with van der Waals surface area (Å²) in [6.07, 6.45) is 9.76. The maximum Gasteiger partial charge on any atom is 0.320 e. The monoisotopic (exact) mass is 455 g/mol. The summed E-state index contributed by atoms with van der Waals surface area (Å²) in [5.74, 6) is 5.09. The first-order valence-electron chi connectivity index (χ1n) is 12.9.